The second-order valence-corrected chi connectivity index (χ2v) is 6.04. The van der Waals surface area contributed by atoms with E-state index in [1.807, 2.05) is 38.1 Å². The molecule has 2 N–H and O–H groups in total. The van der Waals surface area contributed by atoms with Crippen LogP contribution in [-0.4, -0.2) is 25.0 Å². The molecule has 0 saturated carbocycles. The fourth-order valence-corrected chi connectivity index (χ4v) is 2.54. The topological polar surface area (TPSA) is 67.4 Å². The van der Waals surface area contributed by atoms with Gasteiger partial charge >= 0.3 is 0 Å². The predicted octanol–water partition coefficient (Wildman–Crippen LogP) is 3.00. The summed E-state index contributed by atoms with van der Waals surface area (Å²) < 4.78 is 5.36. The van der Waals surface area contributed by atoms with Crippen LogP contribution in [0.1, 0.15) is 41.4 Å². The Morgan fingerprint density at radius 3 is 2.32 bits per heavy atom. The Labute approximate surface area is 148 Å². The summed E-state index contributed by atoms with van der Waals surface area (Å²) in [6.45, 7) is 5.54. The van der Waals surface area contributed by atoms with Crippen LogP contribution in [0.2, 0.25) is 0 Å². The van der Waals surface area contributed by atoms with E-state index in [2.05, 4.69) is 10.6 Å². The zero-order valence-electron chi connectivity index (χ0n) is 15.0. The zero-order chi connectivity index (χ0) is 18.4. The smallest absolute Gasteiger partial charge is 0.251 e. The van der Waals surface area contributed by atoms with E-state index in [0.29, 0.717) is 5.56 Å². The molecule has 0 bridgehead atoms. The van der Waals surface area contributed by atoms with E-state index in [-0.39, 0.29) is 17.9 Å². The summed E-state index contributed by atoms with van der Waals surface area (Å²) >= 11 is 0. The van der Waals surface area contributed by atoms with Crippen LogP contribution in [0.4, 0.5) is 0 Å². The van der Waals surface area contributed by atoms with Crippen molar-refractivity contribution in [1.82, 2.24) is 10.6 Å². The Morgan fingerprint density at radius 1 is 1.00 bits per heavy atom. The first kappa shape index (κ1) is 18.5. The van der Waals surface area contributed by atoms with Gasteiger partial charge in [0.05, 0.1) is 13.2 Å². The minimum atomic E-state index is -0.647. The second kappa shape index (κ2) is 8.33. The number of benzene rings is 2. The Hall–Kier alpha value is -2.82. The molecular formula is C20H24N2O3. The third kappa shape index (κ3) is 4.83. The summed E-state index contributed by atoms with van der Waals surface area (Å²) in [5.41, 5.74) is 2.51. The van der Waals surface area contributed by atoms with Crippen molar-refractivity contribution >= 4 is 11.8 Å². The molecule has 2 aromatic rings. The second-order valence-electron chi connectivity index (χ2n) is 6.04. The lowest BCUT2D eigenvalue weighted by atomic mass is 10.0. The van der Waals surface area contributed by atoms with Gasteiger partial charge in [0.1, 0.15) is 11.8 Å². The molecule has 2 atom stereocenters. The van der Waals surface area contributed by atoms with Crippen molar-refractivity contribution in [2.75, 3.05) is 7.11 Å². The highest BCUT2D eigenvalue weighted by atomic mass is 16.5. The maximum absolute atomic E-state index is 12.4. The quantitative estimate of drug-likeness (QED) is 0.849. The van der Waals surface area contributed by atoms with Gasteiger partial charge in [-0.15, -0.1) is 0 Å². The first-order valence-electron chi connectivity index (χ1n) is 8.23. The van der Waals surface area contributed by atoms with E-state index >= 15 is 0 Å². The van der Waals surface area contributed by atoms with Crippen LogP contribution in [0.15, 0.2) is 48.5 Å². The van der Waals surface area contributed by atoms with Crippen LogP contribution in [0.3, 0.4) is 0 Å². The van der Waals surface area contributed by atoms with Gasteiger partial charge in [-0.05, 0) is 39.0 Å². The Kier molecular flexibility index (Phi) is 6.17. The van der Waals surface area contributed by atoms with E-state index in [9.17, 15) is 9.59 Å². The van der Waals surface area contributed by atoms with E-state index in [1.54, 1.807) is 38.3 Å². The van der Waals surface area contributed by atoms with Gasteiger partial charge in [-0.3, -0.25) is 9.59 Å². The van der Waals surface area contributed by atoms with Crippen molar-refractivity contribution < 1.29 is 14.3 Å². The average Bonchev–Trinajstić information content (AvgIpc) is 2.62. The summed E-state index contributed by atoms with van der Waals surface area (Å²) in [7, 11) is 1.60. The van der Waals surface area contributed by atoms with Crippen molar-refractivity contribution in [1.29, 1.82) is 0 Å². The SMILES string of the molecule is COc1ccc(C)cc1C(C)NC(=O)C(C)NC(=O)c1ccccc1. The number of amides is 2. The van der Waals surface area contributed by atoms with Gasteiger partial charge in [0.15, 0.2) is 0 Å². The minimum Gasteiger partial charge on any atom is -0.496 e. The van der Waals surface area contributed by atoms with Crippen LogP contribution in [0.25, 0.3) is 0 Å². The predicted molar refractivity (Wildman–Crippen MR) is 97.7 cm³/mol. The first-order valence-corrected chi connectivity index (χ1v) is 8.23. The minimum absolute atomic E-state index is 0.238. The molecule has 0 aromatic heterocycles. The van der Waals surface area contributed by atoms with Crippen molar-refractivity contribution in [3.05, 3.63) is 65.2 Å². The standard InChI is InChI=1S/C20H24N2O3/c1-13-10-11-18(25-4)17(12-13)14(2)21-19(23)15(3)22-20(24)16-8-6-5-7-9-16/h5-12,14-15H,1-4H3,(H,21,23)(H,22,24). The molecule has 2 rings (SSSR count). The lowest BCUT2D eigenvalue weighted by Crippen LogP contribution is -2.45. The summed E-state index contributed by atoms with van der Waals surface area (Å²) in [4.78, 5) is 24.6. The van der Waals surface area contributed by atoms with E-state index in [1.165, 1.54) is 0 Å². The van der Waals surface area contributed by atoms with E-state index < -0.39 is 6.04 Å². The van der Waals surface area contributed by atoms with Gasteiger partial charge < -0.3 is 15.4 Å². The lowest BCUT2D eigenvalue weighted by molar-refractivity contribution is -0.123. The zero-order valence-corrected chi connectivity index (χ0v) is 15.0. The largest absolute Gasteiger partial charge is 0.496 e. The Morgan fingerprint density at radius 2 is 1.68 bits per heavy atom. The third-order valence-corrected chi connectivity index (χ3v) is 3.99. The Balaban J connectivity index is 2.01. The van der Waals surface area contributed by atoms with Crippen LogP contribution in [0.5, 0.6) is 5.75 Å². The number of aryl methyl sites for hydroxylation is 1. The van der Waals surface area contributed by atoms with Gasteiger partial charge in [0.25, 0.3) is 5.91 Å². The highest BCUT2D eigenvalue weighted by molar-refractivity contribution is 5.97. The number of methoxy groups -OCH3 is 1. The molecule has 0 saturated heterocycles. The van der Waals surface area contributed by atoms with Crippen LogP contribution >= 0.6 is 0 Å². The average molecular weight is 340 g/mol. The fourth-order valence-electron chi connectivity index (χ4n) is 2.54. The summed E-state index contributed by atoms with van der Waals surface area (Å²) in [5.74, 6) is 0.198. The van der Waals surface area contributed by atoms with Crippen molar-refractivity contribution in [2.24, 2.45) is 0 Å². The first-order chi connectivity index (χ1) is 11.9. The maximum atomic E-state index is 12.4. The lowest BCUT2D eigenvalue weighted by Gasteiger charge is -2.21. The van der Waals surface area contributed by atoms with Crippen LogP contribution in [0, 0.1) is 6.92 Å². The van der Waals surface area contributed by atoms with E-state index in [4.69, 9.17) is 4.74 Å². The maximum Gasteiger partial charge on any atom is 0.251 e. The summed E-state index contributed by atoms with van der Waals surface area (Å²) in [6, 6.07) is 13.8. The Bertz CT molecular complexity index is 744. The normalized spacial score (nSPS) is 12.8. The molecule has 0 aliphatic heterocycles. The fraction of sp³-hybridized carbons (Fsp3) is 0.300. The third-order valence-electron chi connectivity index (χ3n) is 3.99. The van der Waals surface area contributed by atoms with Crippen molar-refractivity contribution in [3.63, 3.8) is 0 Å². The number of carbonyl (C=O) groups is 2. The van der Waals surface area contributed by atoms with Gasteiger partial charge in [0.2, 0.25) is 5.91 Å². The molecular weight excluding hydrogens is 316 g/mol. The molecule has 0 heterocycles. The van der Waals surface area contributed by atoms with Crippen LogP contribution < -0.4 is 15.4 Å². The number of carbonyl (C=O) groups excluding carboxylic acids is 2. The van der Waals surface area contributed by atoms with Crippen molar-refractivity contribution in [3.8, 4) is 5.75 Å². The number of nitrogens with one attached hydrogen (secondary N) is 2. The van der Waals surface area contributed by atoms with Gasteiger partial charge in [-0.25, -0.2) is 0 Å². The highest BCUT2D eigenvalue weighted by Gasteiger charge is 2.20. The molecule has 0 aliphatic rings. The summed E-state index contributed by atoms with van der Waals surface area (Å²) in [6.07, 6.45) is 0. The summed E-state index contributed by atoms with van der Waals surface area (Å²) in [5, 5.41) is 5.63. The van der Waals surface area contributed by atoms with E-state index in [0.717, 1.165) is 16.9 Å². The van der Waals surface area contributed by atoms with Crippen LogP contribution in [-0.2, 0) is 4.79 Å². The molecule has 2 aromatic carbocycles. The number of hydrogen-bond acceptors (Lipinski definition) is 3. The van der Waals surface area contributed by atoms with Crippen molar-refractivity contribution in [2.45, 2.75) is 32.9 Å². The molecule has 132 valence electrons. The molecule has 0 fully saturated rings. The molecule has 0 spiro atoms. The molecule has 25 heavy (non-hydrogen) atoms. The molecule has 2 amide bonds. The van der Waals surface area contributed by atoms with Gasteiger partial charge in [-0.2, -0.15) is 0 Å². The highest BCUT2D eigenvalue weighted by Crippen LogP contribution is 2.26. The van der Waals surface area contributed by atoms with Gasteiger partial charge in [0, 0.05) is 11.1 Å². The molecule has 2 unspecified atom stereocenters. The van der Waals surface area contributed by atoms with Gasteiger partial charge in [-0.1, -0.05) is 35.9 Å². The molecule has 5 nitrogen and oxygen atoms in total. The monoisotopic (exact) mass is 340 g/mol. The molecule has 0 radical (unpaired) electrons. The molecule has 5 heteroatoms. The number of rotatable bonds is 6. The molecule has 0 aliphatic carbocycles. The number of ether oxygens (including phenoxy) is 1. The number of hydrogen-bond donors (Lipinski definition) is 2.